The van der Waals surface area contributed by atoms with Gasteiger partial charge >= 0.3 is 0 Å². The van der Waals surface area contributed by atoms with Crippen LogP contribution in [0.25, 0.3) is 11.4 Å². The van der Waals surface area contributed by atoms with Gasteiger partial charge in [0, 0.05) is 12.6 Å². The number of fused-ring (bicyclic) bond motifs is 1. The van der Waals surface area contributed by atoms with Gasteiger partial charge in [-0.3, -0.25) is 9.59 Å². The maximum absolute atomic E-state index is 14.3. The third-order valence-corrected chi connectivity index (χ3v) is 7.28. The number of amides is 2. The molecule has 0 spiro atoms. The maximum Gasteiger partial charge on any atom is 0.250 e. The van der Waals surface area contributed by atoms with Crippen molar-refractivity contribution >= 4 is 11.8 Å². The molecular formula is C29H29FN6O5. The quantitative estimate of drug-likeness (QED) is 0.326. The molecule has 1 unspecified atom stereocenters. The summed E-state index contributed by atoms with van der Waals surface area (Å²) in [5.41, 5.74) is 0.895. The summed E-state index contributed by atoms with van der Waals surface area (Å²) >= 11 is 0. The summed E-state index contributed by atoms with van der Waals surface area (Å²) in [7, 11) is 0. The Balaban J connectivity index is 1.30. The molecular weight excluding hydrogens is 531 g/mol. The van der Waals surface area contributed by atoms with E-state index in [0.29, 0.717) is 17.3 Å². The van der Waals surface area contributed by atoms with Gasteiger partial charge < -0.3 is 24.1 Å². The van der Waals surface area contributed by atoms with E-state index in [2.05, 4.69) is 20.7 Å². The number of rotatable bonds is 9. The number of nitrogens with one attached hydrogen (secondary N) is 1. The second-order valence-corrected chi connectivity index (χ2v) is 10.1. The first-order chi connectivity index (χ1) is 20.0. The summed E-state index contributed by atoms with van der Waals surface area (Å²) in [6.07, 6.45) is 6.46. The molecule has 0 saturated heterocycles. The van der Waals surface area contributed by atoms with Crippen molar-refractivity contribution in [1.29, 1.82) is 0 Å². The predicted molar refractivity (Wildman–Crippen MR) is 143 cm³/mol. The number of nitrogens with zero attached hydrogens (tertiary/aromatic N) is 5. The van der Waals surface area contributed by atoms with Crippen molar-refractivity contribution in [2.24, 2.45) is 0 Å². The van der Waals surface area contributed by atoms with Crippen LogP contribution >= 0.6 is 0 Å². The first-order valence-electron chi connectivity index (χ1n) is 13.6. The Labute approximate surface area is 235 Å². The fourth-order valence-corrected chi connectivity index (χ4v) is 5.23. The van der Waals surface area contributed by atoms with Crippen LogP contribution in [0.2, 0.25) is 0 Å². The molecule has 4 aromatic rings. The van der Waals surface area contributed by atoms with Crippen LogP contribution in [-0.2, 0) is 22.7 Å². The van der Waals surface area contributed by atoms with E-state index in [4.69, 9.17) is 13.9 Å². The molecule has 1 atom stereocenters. The molecule has 1 fully saturated rings. The van der Waals surface area contributed by atoms with E-state index >= 15 is 0 Å². The smallest absolute Gasteiger partial charge is 0.250 e. The zero-order valence-corrected chi connectivity index (χ0v) is 22.2. The van der Waals surface area contributed by atoms with Crippen molar-refractivity contribution in [2.45, 2.75) is 57.3 Å². The van der Waals surface area contributed by atoms with Crippen molar-refractivity contribution in [3.63, 3.8) is 0 Å². The predicted octanol–water partition coefficient (Wildman–Crippen LogP) is 4.02. The number of carbonyl (C=O) groups excluding carboxylic acids is 2. The number of halogens is 1. The Morgan fingerprint density at radius 1 is 1.05 bits per heavy atom. The lowest BCUT2D eigenvalue weighted by Crippen LogP contribution is -2.47. The summed E-state index contributed by atoms with van der Waals surface area (Å²) in [6.45, 7) is -0.156. The Bertz CT molecular complexity index is 1520. The van der Waals surface area contributed by atoms with Crippen molar-refractivity contribution in [1.82, 2.24) is 30.4 Å². The minimum atomic E-state index is -1.06. The maximum atomic E-state index is 14.3. The van der Waals surface area contributed by atoms with Crippen molar-refractivity contribution in [3.8, 4) is 22.9 Å². The van der Waals surface area contributed by atoms with E-state index in [1.165, 1.54) is 23.3 Å². The van der Waals surface area contributed by atoms with E-state index in [9.17, 15) is 14.0 Å². The van der Waals surface area contributed by atoms with E-state index in [-0.39, 0.29) is 43.2 Å². The summed E-state index contributed by atoms with van der Waals surface area (Å²) in [5.74, 6) is 0.252. The molecule has 212 valence electrons. The molecule has 11 nitrogen and oxygen atoms in total. The zero-order chi connectivity index (χ0) is 28.2. The van der Waals surface area contributed by atoms with Gasteiger partial charge in [-0.25, -0.2) is 4.39 Å². The van der Waals surface area contributed by atoms with Gasteiger partial charge in [0.2, 0.25) is 18.5 Å². The molecule has 2 aromatic heterocycles. The van der Waals surface area contributed by atoms with Crippen LogP contribution in [0.1, 0.15) is 49.5 Å². The normalized spacial score (nSPS) is 15.4. The lowest BCUT2D eigenvalue weighted by atomic mass is 9.95. The highest BCUT2D eigenvalue weighted by Gasteiger charge is 2.35. The number of ether oxygens (including phenoxy) is 2. The average molecular weight is 561 g/mol. The van der Waals surface area contributed by atoms with Crippen LogP contribution < -0.4 is 14.8 Å². The van der Waals surface area contributed by atoms with Gasteiger partial charge in [-0.05, 0) is 60.0 Å². The number of carbonyl (C=O) groups is 2. The molecule has 2 aliphatic rings. The Morgan fingerprint density at radius 3 is 2.68 bits per heavy atom. The molecule has 2 aromatic carbocycles. The summed E-state index contributed by atoms with van der Waals surface area (Å²) < 4.78 is 30.9. The van der Waals surface area contributed by atoms with E-state index in [0.717, 1.165) is 42.5 Å². The van der Waals surface area contributed by atoms with Gasteiger partial charge in [0.1, 0.15) is 18.1 Å². The highest BCUT2D eigenvalue weighted by Crippen LogP contribution is 2.34. The van der Waals surface area contributed by atoms with Gasteiger partial charge in [-0.2, -0.15) is 4.80 Å². The number of hydrogen-bond acceptors (Lipinski definition) is 8. The van der Waals surface area contributed by atoms with Gasteiger partial charge in [0.15, 0.2) is 17.5 Å². The van der Waals surface area contributed by atoms with Gasteiger partial charge in [0.25, 0.3) is 5.91 Å². The van der Waals surface area contributed by atoms with Crippen LogP contribution in [0.4, 0.5) is 4.39 Å². The molecule has 0 radical (unpaired) electrons. The SMILES string of the molecule is O=C(NC1CCCCC1)C(c1ccco1)N(Cc1ccc2c(c1)OCO2)C(=O)Cn1nnc(-c2ccccc2F)n1. The lowest BCUT2D eigenvalue weighted by molar-refractivity contribution is -0.143. The molecule has 2 amide bonds. The van der Waals surface area contributed by atoms with Gasteiger partial charge in [0.05, 0.1) is 11.8 Å². The molecule has 6 rings (SSSR count). The van der Waals surface area contributed by atoms with Crippen LogP contribution in [0.3, 0.4) is 0 Å². The van der Waals surface area contributed by atoms with Crippen LogP contribution in [0, 0.1) is 5.82 Å². The monoisotopic (exact) mass is 560 g/mol. The van der Waals surface area contributed by atoms with E-state index in [1.54, 1.807) is 36.4 Å². The molecule has 0 bridgehead atoms. The first-order valence-corrected chi connectivity index (χ1v) is 13.6. The number of furan rings is 1. The third-order valence-electron chi connectivity index (χ3n) is 7.28. The topological polar surface area (TPSA) is 125 Å². The van der Waals surface area contributed by atoms with Gasteiger partial charge in [-0.15, -0.1) is 10.2 Å². The molecule has 1 aliphatic heterocycles. The molecule has 1 aliphatic carbocycles. The number of hydrogen-bond donors (Lipinski definition) is 1. The Kier molecular flexibility index (Phi) is 7.61. The third kappa shape index (κ3) is 5.91. The van der Waals surface area contributed by atoms with Crippen molar-refractivity contribution < 1.29 is 27.9 Å². The van der Waals surface area contributed by atoms with E-state index in [1.807, 2.05) is 6.07 Å². The standard InChI is InChI=1S/C29H29FN6O5/c30-22-10-5-4-9-21(22)28-32-34-36(33-28)17-26(37)35(16-19-12-13-23-25(15-19)41-18-40-23)27(24-11-6-14-39-24)29(38)31-20-7-2-1-3-8-20/h4-6,9-15,20,27H,1-3,7-8,16-18H2,(H,31,38). The number of tetrazole rings is 1. The van der Waals surface area contributed by atoms with Crippen LogP contribution in [0.5, 0.6) is 11.5 Å². The second kappa shape index (κ2) is 11.8. The van der Waals surface area contributed by atoms with E-state index < -0.39 is 17.8 Å². The lowest BCUT2D eigenvalue weighted by Gasteiger charge is -2.32. The number of benzene rings is 2. The largest absolute Gasteiger partial charge is 0.467 e. The first kappa shape index (κ1) is 26.5. The fourth-order valence-electron chi connectivity index (χ4n) is 5.23. The minimum absolute atomic E-state index is 0.0246. The zero-order valence-electron chi connectivity index (χ0n) is 22.2. The summed E-state index contributed by atoms with van der Waals surface area (Å²) in [4.78, 5) is 30.3. The van der Waals surface area contributed by atoms with Crippen molar-refractivity contribution in [3.05, 3.63) is 78.0 Å². The second-order valence-electron chi connectivity index (χ2n) is 10.1. The summed E-state index contributed by atoms with van der Waals surface area (Å²) in [6, 6.07) is 13.7. The highest BCUT2D eigenvalue weighted by atomic mass is 19.1. The highest BCUT2D eigenvalue weighted by molar-refractivity contribution is 5.88. The van der Waals surface area contributed by atoms with Crippen LogP contribution in [-0.4, -0.2) is 49.8 Å². The molecule has 1 saturated carbocycles. The molecule has 12 heteroatoms. The Hall–Kier alpha value is -4.74. The fraction of sp³-hybridized carbons (Fsp3) is 0.345. The van der Waals surface area contributed by atoms with Crippen LogP contribution in [0.15, 0.2) is 65.3 Å². The molecule has 3 heterocycles. The summed E-state index contributed by atoms with van der Waals surface area (Å²) in [5, 5.41) is 15.3. The minimum Gasteiger partial charge on any atom is -0.467 e. The van der Waals surface area contributed by atoms with Crippen molar-refractivity contribution in [2.75, 3.05) is 6.79 Å². The molecule has 41 heavy (non-hydrogen) atoms. The number of aromatic nitrogens is 4. The average Bonchev–Trinajstić information content (AvgIpc) is 3.76. The Morgan fingerprint density at radius 2 is 1.88 bits per heavy atom. The van der Waals surface area contributed by atoms with Gasteiger partial charge in [-0.1, -0.05) is 37.5 Å². The molecule has 1 N–H and O–H groups in total.